The van der Waals surface area contributed by atoms with E-state index >= 15 is 0 Å². The first kappa shape index (κ1) is 12.3. The molecular formula is C12H24N2O2. The van der Waals surface area contributed by atoms with Gasteiger partial charge >= 0.3 is 0 Å². The lowest BCUT2D eigenvalue weighted by Crippen LogP contribution is -2.35. The normalized spacial score (nSPS) is 40.7. The van der Waals surface area contributed by atoms with Gasteiger partial charge in [0, 0.05) is 39.9 Å². The van der Waals surface area contributed by atoms with E-state index < -0.39 is 0 Å². The van der Waals surface area contributed by atoms with Gasteiger partial charge in [0.15, 0.2) is 0 Å². The molecule has 2 rings (SSSR count). The van der Waals surface area contributed by atoms with Crippen molar-refractivity contribution in [1.82, 2.24) is 4.90 Å². The summed E-state index contributed by atoms with van der Waals surface area (Å²) in [5.41, 5.74) is 6.10. The highest BCUT2D eigenvalue weighted by Gasteiger charge is 2.35. The van der Waals surface area contributed by atoms with Crippen LogP contribution in [0.25, 0.3) is 0 Å². The van der Waals surface area contributed by atoms with Gasteiger partial charge in [0.25, 0.3) is 0 Å². The molecule has 4 heteroatoms. The molecule has 4 nitrogen and oxygen atoms in total. The van der Waals surface area contributed by atoms with Crippen LogP contribution < -0.4 is 5.73 Å². The maximum atomic E-state index is 6.10. The first-order valence-corrected chi connectivity index (χ1v) is 6.28. The molecule has 1 heterocycles. The Balaban J connectivity index is 1.83. The summed E-state index contributed by atoms with van der Waals surface area (Å²) in [6.07, 6.45) is 4.22. The molecule has 2 fully saturated rings. The number of nitrogens with zero attached hydrogens (tertiary/aromatic N) is 1. The predicted octanol–water partition coefficient (Wildman–Crippen LogP) is 0.459. The zero-order chi connectivity index (χ0) is 11.5. The number of likely N-dealkylation sites (tertiary alicyclic amines) is 1. The Labute approximate surface area is 98.1 Å². The van der Waals surface area contributed by atoms with E-state index in [1.165, 1.54) is 19.3 Å². The van der Waals surface area contributed by atoms with E-state index in [1.54, 1.807) is 14.2 Å². The smallest absolute Gasteiger partial charge is 0.0971 e. The number of ether oxygens (including phenoxy) is 2. The van der Waals surface area contributed by atoms with Gasteiger partial charge < -0.3 is 15.2 Å². The van der Waals surface area contributed by atoms with E-state index in [4.69, 9.17) is 15.2 Å². The second-order valence-electron chi connectivity index (χ2n) is 5.12. The van der Waals surface area contributed by atoms with Gasteiger partial charge in [0.1, 0.15) is 0 Å². The Hall–Kier alpha value is -0.160. The van der Waals surface area contributed by atoms with E-state index in [0.29, 0.717) is 12.0 Å². The second kappa shape index (κ2) is 5.45. The Kier molecular flexibility index (Phi) is 4.19. The number of hydrogen-bond acceptors (Lipinski definition) is 4. The van der Waals surface area contributed by atoms with Crippen molar-refractivity contribution in [3.05, 3.63) is 0 Å². The van der Waals surface area contributed by atoms with Crippen LogP contribution in [0.1, 0.15) is 19.3 Å². The molecule has 0 spiro atoms. The highest BCUT2D eigenvalue weighted by molar-refractivity contribution is 4.89. The van der Waals surface area contributed by atoms with Crippen LogP contribution in [-0.4, -0.2) is 57.0 Å². The molecule has 1 aliphatic carbocycles. The Morgan fingerprint density at radius 2 is 1.75 bits per heavy atom. The van der Waals surface area contributed by atoms with E-state index in [1.807, 2.05) is 0 Å². The molecule has 16 heavy (non-hydrogen) atoms. The van der Waals surface area contributed by atoms with Crippen LogP contribution in [0.3, 0.4) is 0 Å². The molecule has 1 aliphatic heterocycles. The van der Waals surface area contributed by atoms with Crippen LogP contribution in [-0.2, 0) is 9.47 Å². The van der Waals surface area contributed by atoms with E-state index in [0.717, 1.165) is 19.6 Å². The maximum Gasteiger partial charge on any atom is 0.0971 e. The van der Waals surface area contributed by atoms with Gasteiger partial charge in [-0.1, -0.05) is 6.42 Å². The van der Waals surface area contributed by atoms with Crippen LogP contribution >= 0.6 is 0 Å². The lowest BCUT2D eigenvalue weighted by Gasteiger charge is -2.22. The first-order valence-electron chi connectivity index (χ1n) is 6.28. The monoisotopic (exact) mass is 228 g/mol. The minimum absolute atomic E-state index is 0.225. The summed E-state index contributed by atoms with van der Waals surface area (Å²) in [5.74, 6) is 0.674. The number of hydrogen-bond donors (Lipinski definition) is 1. The van der Waals surface area contributed by atoms with Crippen molar-refractivity contribution < 1.29 is 9.47 Å². The fourth-order valence-corrected chi connectivity index (χ4v) is 3.04. The summed E-state index contributed by atoms with van der Waals surface area (Å²) in [5, 5.41) is 0. The van der Waals surface area contributed by atoms with Crippen molar-refractivity contribution in [3.63, 3.8) is 0 Å². The largest absolute Gasteiger partial charge is 0.377 e. The van der Waals surface area contributed by atoms with Crippen molar-refractivity contribution in [2.24, 2.45) is 11.7 Å². The lowest BCUT2D eigenvalue weighted by atomic mass is 10.0. The fraction of sp³-hybridized carbons (Fsp3) is 1.00. The average Bonchev–Trinajstić information content (AvgIpc) is 2.86. The molecule has 4 unspecified atom stereocenters. The van der Waals surface area contributed by atoms with Gasteiger partial charge in [0.2, 0.25) is 0 Å². The van der Waals surface area contributed by atoms with Crippen LogP contribution in [0.2, 0.25) is 0 Å². The molecule has 94 valence electrons. The van der Waals surface area contributed by atoms with Gasteiger partial charge in [-0.05, 0) is 18.8 Å². The van der Waals surface area contributed by atoms with Crippen molar-refractivity contribution in [2.75, 3.05) is 33.9 Å². The van der Waals surface area contributed by atoms with Crippen molar-refractivity contribution in [3.8, 4) is 0 Å². The van der Waals surface area contributed by atoms with Crippen LogP contribution in [0.5, 0.6) is 0 Å². The minimum Gasteiger partial charge on any atom is -0.377 e. The highest BCUT2D eigenvalue weighted by Crippen LogP contribution is 2.26. The van der Waals surface area contributed by atoms with E-state index in [2.05, 4.69) is 4.90 Å². The summed E-state index contributed by atoms with van der Waals surface area (Å²) in [7, 11) is 3.53. The Morgan fingerprint density at radius 3 is 2.19 bits per heavy atom. The molecule has 2 N–H and O–H groups in total. The lowest BCUT2D eigenvalue weighted by molar-refractivity contribution is -0.00461. The zero-order valence-corrected chi connectivity index (χ0v) is 10.4. The molecule has 4 atom stereocenters. The van der Waals surface area contributed by atoms with Gasteiger partial charge in [-0.15, -0.1) is 0 Å². The molecule has 0 radical (unpaired) electrons. The van der Waals surface area contributed by atoms with Crippen molar-refractivity contribution in [1.29, 1.82) is 0 Å². The Morgan fingerprint density at radius 1 is 1.12 bits per heavy atom. The molecule has 1 saturated carbocycles. The average molecular weight is 228 g/mol. The molecule has 0 bridgehead atoms. The number of nitrogens with two attached hydrogens (primary N) is 1. The van der Waals surface area contributed by atoms with Gasteiger partial charge in [-0.25, -0.2) is 0 Å². The molecular weight excluding hydrogens is 204 g/mol. The van der Waals surface area contributed by atoms with Gasteiger partial charge in [-0.2, -0.15) is 0 Å². The predicted molar refractivity (Wildman–Crippen MR) is 63.4 cm³/mol. The van der Waals surface area contributed by atoms with Crippen LogP contribution in [0.4, 0.5) is 0 Å². The number of methoxy groups -OCH3 is 2. The summed E-state index contributed by atoms with van der Waals surface area (Å²) in [6.45, 7) is 3.08. The third-order valence-electron chi connectivity index (χ3n) is 4.11. The third-order valence-corrected chi connectivity index (χ3v) is 4.11. The van der Waals surface area contributed by atoms with Gasteiger partial charge in [0.05, 0.1) is 12.2 Å². The van der Waals surface area contributed by atoms with Crippen molar-refractivity contribution in [2.45, 2.75) is 37.5 Å². The summed E-state index contributed by atoms with van der Waals surface area (Å²) >= 11 is 0. The molecule has 2 aliphatic rings. The molecule has 0 amide bonds. The van der Waals surface area contributed by atoms with Crippen LogP contribution in [0.15, 0.2) is 0 Å². The van der Waals surface area contributed by atoms with Crippen LogP contribution in [0, 0.1) is 5.92 Å². The SMILES string of the molecule is COC1CN(CC2CCCC2N)CC1OC. The summed E-state index contributed by atoms with van der Waals surface area (Å²) < 4.78 is 10.9. The fourth-order valence-electron chi connectivity index (χ4n) is 3.04. The molecule has 0 aromatic rings. The number of rotatable bonds is 4. The van der Waals surface area contributed by atoms with E-state index in [-0.39, 0.29) is 12.2 Å². The minimum atomic E-state index is 0.225. The quantitative estimate of drug-likeness (QED) is 0.759. The molecule has 0 aromatic heterocycles. The third kappa shape index (κ3) is 2.56. The first-order chi connectivity index (χ1) is 7.74. The van der Waals surface area contributed by atoms with E-state index in [9.17, 15) is 0 Å². The maximum absolute atomic E-state index is 6.10. The topological polar surface area (TPSA) is 47.7 Å². The van der Waals surface area contributed by atoms with Gasteiger partial charge in [-0.3, -0.25) is 4.90 Å². The molecule has 0 aromatic carbocycles. The van der Waals surface area contributed by atoms with Crippen molar-refractivity contribution >= 4 is 0 Å². The summed E-state index contributed by atoms with van der Waals surface area (Å²) in [6, 6.07) is 0.405. The molecule has 1 saturated heterocycles. The standard InChI is InChI=1S/C12H24N2O2/c1-15-11-7-14(8-12(11)16-2)6-9-4-3-5-10(9)13/h9-12H,3-8,13H2,1-2H3. The highest BCUT2D eigenvalue weighted by atomic mass is 16.5. The summed E-state index contributed by atoms with van der Waals surface area (Å²) in [4.78, 5) is 2.44. The Bertz CT molecular complexity index is 213. The second-order valence-corrected chi connectivity index (χ2v) is 5.12. The zero-order valence-electron chi connectivity index (χ0n) is 10.4.